The summed E-state index contributed by atoms with van der Waals surface area (Å²) >= 11 is 0. The molecule has 0 aliphatic carbocycles. The molecule has 4 nitrogen and oxygen atoms in total. The SMILES string of the molecule is Nc1c(NCC2CCCO2)ccc2cnccc12. The Balaban J connectivity index is 1.81. The molecule has 0 amide bonds. The van der Waals surface area contributed by atoms with Crippen LogP contribution in [0.3, 0.4) is 0 Å². The van der Waals surface area contributed by atoms with Gasteiger partial charge >= 0.3 is 0 Å². The maximum absolute atomic E-state index is 6.17. The Morgan fingerprint density at radius 2 is 2.33 bits per heavy atom. The van der Waals surface area contributed by atoms with Crippen molar-refractivity contribution in [1.82, 2.24) is 4.98 Å². The van der Waals surface area contributed by atoms with E-state index < -0.39 is 0 Å². The van der Waals surface area contributed by atoms with Crippen LogP contribution in [0.4, 0.5) is 11.4 Å². The van der Waals surface area contributed by atoms with Gasteiger partial charge < -0.3 is 15.8 Å². The van der Waals surface area contributed by atoms with Gasteiger partial charge in [0.25, 0.3) is 0 Å². The van der Waals surface area contributed by atoms with Gasteiger partial charge in [0.05, 0.1) is 17.5 Å². The van der Waals surface area contributed by atoms with Crippen molar-refractivity contribution in [2.75, 3.05) is 24.2 Å². The zero-order valence-corrected chi connectivity index (χ0v) is 10.2. The Labute approximate surface area is 106 Å². The number of fused-ring (bicyclic) bond motifs is 1. The minimum Gasteiger partial charge on any atom is -0.397 e. The van der Waals surface area contributed by atoms with E-state index in [1.54, 1.807) is 6.20 Å². The molecule has 1 fully saturated rings. The van der Waals surface area contributed by atoms with Crippen LogP contribution in [0, 0.1) is 0 Å². The fraction of sp³-hybridized carbons (Fsp3) is 0.357. The van der Waals surface area contributed by atoms with Gasteiger partial charge in [-0.15, -0.1) is 0 Å². The summed E-state index contributed by atoms with van der Waals surface area (Å²) in [5.74, 6) is 0. The average molecular weight is 243 g/mol. The first kappa shape index (κ1) is 11.3. The van der Waals surface area contributed by atoms with Crippen LogP contribution in [0.5, 0.6) is 0 Å². The maximum atomic E-state index is 6.17. The number of nitrogen functional groups attached to an aromatic ring is 1. The standard InChI is InChI=1S/C14H17N3O/c15-14-12-5-6-16-8-10(12)3-4-13(14)17-9-11-2-1-7-18-11/h3-6,8,11,17H,1-2,7,9,15H2. The van der Waals surface area contributed by atoms with Crippen molar-refractivity contribution < 1.29 is 4.74 Å². The second kappa shape index (κ2) is 4.82. The number of hydrogen-bond acceptors (Lipinski definition) is 4. The summed E-state index contributed by atoms with van der Waals surface area (Å²) in [4.78, 5) is 4.10. The normalized spacial score (nSPS) is 19.2. The zero-order chi connectivity index (χ0) is 12.4. The van der Waals surface area contributed by atoms with E-state index in [1.165, 1.54) is 0 Å². The Bertz CT molecular complexity index is 550. The second-order valence-corrected chi connectivity index (χ2v) is 4.64. The number of pyridine rings is 1. The first-order valence-corrected chi connectivity index (χ1v) is 6.32. The van der Waals surface area contributed by atoms with Crippen LogP contribution in [-0.2, 0) is 4.74 Å². The first-order valence-electron chi connectivity index (χ1n) is 6.32. The van der Waals surface area contributed by atoms with Crippen molar-refractivity contribution in [2.45, 2.75) is 18.9 Å². The van der Waals surface area contributed by atoms with Crippen LogP contribution in [0.1, 0.15) is 12.8 Å². The van der Waals surface area contributed by atoms with Gasteiger partial charge in [-0.25, -0.2) is 0 Å². The van der Waals surface area contributed by atoms with E-state index in [0.717, 1.165) is 48.1 Å². The molecule has 1 aliphatic rings. The number of nitrogens with two attached hydrogens (primary N) is 1. The molecule has 0 bridgehead atoms. The van der Waals surface area contributed by atoms with Crippen LogP contribution < -0.4 is 11.1 Å². The van der Waals surface area contributed by atoms with Crippen LogP contribution in [0.2, 0.25) is 0 Å². The van der Waals surface area contributed by atoms with Gasteiger partial charge in [-0.1, -0.05) is 6.07 Å². The highest BCUT2D eigenvalue weighted by atomic mass is 16.5. The number of benzene rings is 1. The Morgan fingerprint density at radius 3 is 3.17 bits per heavy atom. The van der Waals surface area contributed by atoms with Crippen molar-refractivity contribution in [3.63, 3.8) is 0 Å². The number of aromatic nitrogens is 1. The largest absolute Gasteiger partial charge is 0.397 e. The summed E-state index contributed by atoms with van der Waals surface area (Å²) in [5, 5.41) is 5.49. The summed E-state index contributed by atoms with van der Waals surface area (Å²) < 4.78 is 5.59. The predicted molar refractivity (Wildman–Crippen MR) is 73.6 cm³/mol. The molecule has 0 radical (unpaired) electrons. The highest BCUT2D eigenvalue weighted by Crippen LogP contribution is 2.28. The van der Waals surface area contributed by atoms with Crippen molar-refractivity contribution in [1.29, 1.82) is 0 Å². The van der Waals surface area contributed by atoms with Gasteiger partial charge in [0, 0.05) is 36.3 Å². The van der Waals surface area contributed by atoms with Gasteiger partial charge in [-0.2, -0.15) is 0 Å². The van der Waals surface area contributed by atoms with Crippen molar-refractivity contribution in [3.05, 3.63) is 30.6 Å². The van der Waals surface area contributed by atoms with Gasteiger partial charge in [-0.05, 0) is 25.0 Å². The fourth-order valence-electron chi connectivity index (χ4n) is 2.38. The molecular weight excluding hydrogens is 226 g/mol. The van der Waals surface area contributed by atoms with E-state index in [1.807, 2.05) is 24.4 Å². The third kappa shape index (κ3) is 2.11. The van der Waals surface area contributed by atoms with E-state index in [2.05, 4.69) is 10.3 Å². The van der Waals surface area contributed by atoms with Crippen molar-refractivity contribution in [3.8, 4) is 0 Å². The summed E-state index contributed by atoms with van der Waals surface area (Å²) in [6.45, 7) is 1.70. The maximum Gasteiger partial charge on any atom is 0.0748 e. The Morgan fingerprint density at radius 1 is 1.39 bits per heavy atom. The number of nitrogens with zero attached hydrogens (tertiary/aromatic N) is 1. The van der Waals surface area contributed by atoms with Crippen molar-refractivity contribution in [2.24, 2.45) is 0 Å². The zero-order valence-electron chi connectivity index (χ0n) is 10.2. The molecule has 2 aromatic rings. The third-order valence-corrected chi connectivity index (χ3v) is 3.41. The van der Waals surface area contributed by atoms with E-state index in [0.29, 0.717) is 6.10 Å². The molecule has 4 heteroatoms. The van der Waals surface area contributed by atoms with Crippen LogP contribution in [-0.4, -0.2) is 24.2 Å². The minimum absolute atomic E-state index is 0.317. The van der Waals surface area contributed by atoms with Crippen LogP contribution >= 0.6 is 0 Å². The Kier molecular flexibility index (Phi) is 3.02. The molecule has 1 unspecified atom stereocenters. The van der Waals surface area contributed by atoms with Crippen molar-refractivity contribution >= 4 is 22.1 Å². The quantitative estimate of drug-likeness (QED) is 0.813. The number of ether oxygens (including phenoxy) is 1. The molecule has 1 saturated heterocycles. The van der Waals surface area contributed by atoms with Crippen LogP contribution in [0.25, 0.3) is 10.8 Å². The molecule has 18 heavy (non-hydrogen) atoms. The van der Waals surface area contributed by atoms with Gasteiger partial charge in [0.1, 0.15) is 0 Å². The van der Waals surface area contributed by atoms with E-state index in [4.69, 9.17) is 10.5 Å². The molecule has 3 rings (SSSR count). The van der Waals surface area contributed by atoms with E-state index >= 15 is 0 Å². The lowest BCUT2D eigenvalue weighted by Gasteiger charge is -2.14. The molecule has 1 aromatic carbocycles. The summed E-state index contributed by atoms with van der Waals surface area (Å²) in [5.41, 5.74) is 7.93. The molecule has 94 valence electrons. The first-order chi connectivity index (χ1) is 8.84. The average Bonchev–Trinajstić information content (AvgIpc) is 2.91. The second-order valence-electron chi connectivity index (χ2n) is 4.64. The van der Waals surface area contributed by atoms with Crippen LogP contribution in [0.15, 0.2) is 30.6 Å². The number of hydrogen-bond donors (Lipinski definition) is 2. The molecule has 0 saturated carbocycles. The lowest BCUT2D eigenvalue weighted by atomic mass is 10.1. The highest BCUT2D eigenvalue weighted by Gasteiger charge is 2.15. The lowest BCUT2D eigenvalue weighted by molar-refractivity contribution is 0.120. The number of rotatable bonds is 3. The molecular formula is C14H17N3O. The third-order valence-electron chi connectivity index (χ3n) is 3.41. The van der Waals surface area contributed by atoms with E-state index in [-0.39, 0.29) is 0 Å². The van der Waals surface area contributed by atoms with Gasteiger partial charge in [0.15, 0.2) is 0 Å². The molecule has 1 aliphatic heterocycles. The lowest BCUT2D eigenvalue weighted by Crippen LogP contribution is -2.18. The summed E-state index contributed by atoms with van der Waals surface area (Å²) in [6.07, 6.45) is 6.20. The molecule has 2 heterocycles. The predicted octanol–water partition coefficient (Wildman–Crippen LogP) is 2.41. The minimum atomic E-state index is 0.317. The monoisotopic (exact) mass is 243 g/mol. The fourth-order valence-corrected chi connectivity index (χ4v) is 2.38. The highest BCUT2D eigenvalue weighted by molar-refractivity contribution is 5.98. The molecule has 3 N–H and O–H groups in total. The molecule has 0 spiro atoms. The summed E-state index contributed by atoms with van der Waals surface area (Å²) in [6, 6.07) is 5.99. The Hall–Kier alpha value is -1.81. The molecule has 1 atom stereocenters. The molecule has 1 aromatic heterocycles. The van der Waals surface area contributed by atoms with E-state index in [9.17, 15) is 0 Å². The summed E-state index contributed by atoms with van der Waals surface area (Å²) in [7, 11) is 0. The van der Waals surface area contributed by atoms with Gasteiger partial charge in [-0.3, -0.25) is 4.98 Å². The number of nitrogens with one attached hydrogen (secondary N) is 1. The topological polar surface area (TPSA) is 60.2 Å². The number of anilines is 2. The van der Waals surface area contributed by atoms with Gasteiger partial charge in [0.2, 0.25) is 0 Å². The smallest absolute Gasteiger partial charge is 0.0748 e.